The summed E-state index contributed by atoms with van der Waals surface area (Å²) in [4.78, 5) is 33.8. The highest BCUT2D eigenvalue weighted by molar-refractivity contribution is 6.31. The van der Waals surface area contributed by atoms with E-state index in [4.69, 9.17) is 26.8 Å². The summed E-state index contributed by atoms with van der Waals surface area (Å²) in [5, 5.41) is 13.9. The first-order valence-corrected chi connectivity index (χ1v) is 14.4. The highest BCUT2D eigenvalue weighted by atomic mass is 35.5. The number of amides is 2. The second-order valence-electron chi connectivity index (χ2n) is 11.2. The van der Waals surface area contributed by atoms with Gasteiger partial charge in [0.25, 0.3) is 12.3 Å². The van der Waals surface area contributed by atoms with Crippen molar-refractivity contribution in [2.75, 3.05) is 13.2 Å². The summed E-state index contributed by atoms with van der Waals surface area (Å²) >= 11 is 6.05. The fourth-order valence-corrected chi connectivity index (χ4v) is 5.37. The van der Waals surface area contributed by atoms with Crippen LogP contribution in [0.3, 0.4) is 0 Å². The van der Waals surface area contributed by atoms with Crippen LogP contribution >= 0.6 is 11.6 Å². The van der Waals surface area contributed by atoms with Crippen LogP contribution in [0.2, 0.25) is 5.02 Å². The third-order valence-corrected chi connectivity index (χ3v) is 8.23. The number of aromatic nitrogens is 2. The summed E-state index contributed by atoms with van der Waals surface area (Å²) in [5.74, 6) is -3.71. The third kappa shape index (κ3) is 5.67. The second-order valence-corrected chi connectivity index (χ2v) is 11.7. The highest BCUT2D eigenvalue weighted by Gasteiger charge is 2.60. The lowest BCUT2D eigenvalue weighted by molar-refractivity contribution is -0.265. The fraction of sp³-hybridized carbons (Fsp3) is 0.290. The van der Waals surface area contributed by atoms with Gasteiger partial charge in [0.15, 0.2) is 5.41 Å². The molecule has 2 aliphatic rings. The van der Waals surface area contributed by atoms with Crippen LogP contribution in [0, 0.1) is 5.82 Å². The molecule has 4 N–H and O–H groups in total. The number of primary amides is 1. The lowest BCUT2D eigenvalue weighted by atomic mass is 9.80. The summed E-state index contributed by atoms with van der Waals surface area (Å²) in [7, 11) is 0. The van der Waals surface area contributed by atoms with Gasteiger partial charge in [-0.2, -0.15) is 13.2 Å². The van der Waals surface area contributed by atoms with Crippen LogP contribution in [0.15, 0.2) is 54.7 Å². The first kappa shape index (κ1) is 32.3. The molecule has 16 heteroatoms. The zero-order chi connectivity index (χ0) is 33.9. The summed E-state index contributed by atoms with van der Waals surface area (Å²) in [5.41, 5.74) is -3.99. The molecule has 2 atom stereocenters. The molecule has 2 amide bonds. The number of benzene rings is 2. The predicted octanol–water partition coefficient (Wildman–Crippen LogP) is 5.19. The molecule has 1 saturated carbocycles. The number of nitrogens with zero attached hydrogens (tertiary/aromatic N) is 2. The summed E-state index contributed by atoms with van der Waals surface area (Å²) in [6.07, 6.45) is -6.36. The highest BCUT2D eigenvalue weighted by Crippen LogP contribution is 2.50. The maximum Gasteiger partial charge on any atom is 0.424 e. The zero-order valence-electron chi connectivity index (χ0n) is 23.9. The number of hydrogen-bond donors (Lipinski definition) is 3. The van der Waals surface area contributed by atoms with Crippen LogP contribution in [0.4, 0.5) is 26.3 Å². The van der Waals surface area contributed by atoms with Crippen LogP contribution in [-0.2, 0) is 15.8 Å². The number of pyridine rings is 2. The van der Waals surface area contributed by atoms with Gasteiger partial charge in [-0.05, 0) is 61.4 Å². The van der Waals surface area contributed by atoms with Crippen LogP contribution in [0.5, 0.6) is 11.5 Å². The first-order valence-electron chi connectivity index (χ1n) is 14.0. The van der Waals surface area contributed by atoms with Crippen LogP contribution in [-0.4, -0.2) is 58.7 Å². The Morgan fingerprint density at radius 1 is 1.15 bits per heavy atom. The number of alkyl halides is 5. The number of carbonyl (C=O) groups is 2. The van der Waals surface area contributed by atoms with Crippen molar-refractivity contribution in [2.45, 2.75) is 42.6 Å². The maximum absolute atomic E-state index is 14.8. The van der Waals surface area contributed by atoms with Gasteiger partial charge < -0.3 is 25.6 Å². The van der Waals surface area contributed by atoms with Crippen LogP contribution < -0.4 is 20.5 Å². The average molecular weight is 681 g/mol. The Hall–Kier alpha value is -4.63. The van der Waals surface area contributed by atoms with Crippen molar-refractivity contribution >= 4 is 34.3 Å². The number of rotatable bonds is 9. The Kier molecular flexibility index (Phi) is 7.95. The number of ether oxygens (including phenoxy) is 2. The Morgan fingerprint density at radius 2 is 1.85 bits per heavy atom. The summed E-state index contributed by atoms with van der Waals surface area (Å²) in [6.45, 7) is -2.59. The van der Waals surface area contributed by atoms with E-state index in [2.05, 4.69) is 9.97 Å². The topological polar surface area (TPSA) is 137 Å². The number of nitrogens with two attached hydrogens (primary N) is 1. The molecular formula is C31H23ClF6N4O5. The molecule has 1 fully saturated rings. The number of nitrogens with one attached hydrogen (secondary N) is 1. The quantitative estimate of drug-likeness (QED) is 0.207. The van der Waals surface area contributed by atoms with Gasteiger partial charge in [0.1, 0.15) is 35.1 Å². The normalized spacial score (nSPS) is 18.8. The van der Waals surface area contributed by atoms with Gasteiger partial charge in [-0.1, -0.05) is 11.6 Å². The molecule has 6 rings (SSSR count). The van der Waals surface area contributed by atoms with E-state index in [1.165, 1.54) is 24.4 Å². The van der Waals surface area contributed by atoms with Crippen molar-refractivity contribution in [3.05, 3.63) is 82.4 Å². The van der Waals surface area contributed by atoms with E-state index in [0.29, 0.717) is 17.0 Å². The van der Waals surface area contributed by atoms with E-state index in [1.807, 2.05) is 5.32 Å². The monoisotopic (exact) mass is 680 g/mol. The average Bonchev–Trinajstić information content (AvgIpc) is 3.74. The lowest BCUT2D eigenvalue weighted by Crippen LogP contribution is -2.52. The number of carbonyl (C=O) groups excluding carboxylic acids is 2. The van der Waals surface area contributed by atoms with E-state index in [1.54, 1.807) is 0 Å². The zero-order valence-corrected chi connectivity index (χ0v) is 24.6. The first-order chi connectivity index (χ1) is 22.1. The minimum absolute atomic E-state index is 0.0841. The van der Waals surface area contributed by atoms with Crippen molar-refractivity contribution in [2.24, 2.45) is 5.73 Å². The molecule has 2 aromatic carbocycles. The van der Waals surface area contributed by atoms with Crippen LogP contribution in [0.25, 0.3) is 22.2 Å². The molecule has 1 aliphatic carbocycles. The summed E-state index contributed by atoms with van der Waals surface area (Å²) < 4.78 is 98.0. The molecule has 1 aliphatic heterocycles. The Bertz CT molecular complexity index is 1910. The SMILES string of the molecule is NC(=O)[C@@]1(C(F)F)COc2c1cc(C(O)(CNC(=O)c1cc(OC3CC3)c3ncc(Cl)cc3c1)C(F)(F)F)nc2-c1ccc(F)cc1. The molecule has 0 saturated heterocycles. The molecule has 9 nitrogen and oxygen atoms in total. The van der Waals surface area contributed by atoms with Crippen molar-refractivity contribution in [3.63, 3.8) is 0 Å². The van der Waals surface area contributed by atoms with E-state index in [9.17, 15) is 41.0 Å². The van der Waals surface area contributed by atoms with Gasteiger partial charge >= 0.3 is 6.18 Å². The molecule has 4 aromatic rings. The maximum atomic E-state index is 14.8. The number of halogens is 7. The third-order valence-electron chi connectivity index (χ3n) is 8.02. The smallest absolute Gasteiger partial charge is 0.424 e. The van der Waals surface area contributed by atoms with E-state index in [0.717, 1.165) is 37.1 Å². The largest absolute Gasteiger partial charge is 0.489 e. The molecule has 1 unspecified atom stereocenters. The minimum Gasteiger partial charge on any atom is -0.489 e. The van der Waals surface area contributed by atoms with Crippen molar-refractivity contribution in [3.8, 4) is 22.8 Å². The van der Waals surface area contributed by atoms with E-state index in [-0.39, 0.29) is 28.0 Å². The lowest BCUT2D eigenvalue weighted by Gasteiger charge is -2.32. The van der Waals surface area contributed by atoms with Crippen molar-refractivity contribution < 1.29 is 50.5 Å². The van der Waals surface area contributed by atoms with Gasteiger partial charge in [-0.25, -0.2) is 18.2 Å². The number of hydrogen-bond acceptors (Lipinski definition) is 7. The minimum atomic E-state index is -5.57. The van der Waals surface area contributed by atoms with Crippen molar-refractivity contribution in [1.82, 2.24) is 15.3 Å². The molecular weight excluding hydrogens is 658 g/mol. The standard InChI is InChI=1S/C31H23ClF6N4O5/c32-17-8-15-7-16(9-21(23(15)40-11-17)47-19-5-6-19)26(43)41-12-30(45,31(36,37)38)22-10-20-25(46-13-29(20,27(34)35)28(39)44)24(42-22)14-1-3-18(33)4-2-14/h1-4,7-11,19,27,45H,5-6,12-13H2,(H2,39,44)(H,41,43)/t29-,30?/m0/s1. The van der Waals surface area contributed by atoms with E-state index >= 15 is 0 Å². The Labute approximate surface area is 266 Å². The molecule has 0 bridgehead atoms. The van der Waals surface area contributed by atoms with Gasteiger partial charge in [0, 0.05) is 28.3 Å². The van der Waals surface area contributed by atoms with E-state index < -0.39 is 77.1 Å². The van der Waals surface area contributed by atoms with Gasteiger partial charge in [0.2, 0.25) is 11.5 Å². The van der Waals surface area contributed by atoms with Gasteiger partial charge in [0.05, 0.1) is 23.4 Å². The molecule has 0 radical (unpaired) electrons. The Morgan fingerprint density at radius 3 is 2.47 bits per heavy atom. The fourth-order valence-electron chi connectivity index (χ4n) is 5.20. The molecule has 2 aromatic heterocycles. The van der Waals surface area contributed by atoms with Gasteiger partial charge in [-0.3, -0.25) is 14.6 Å². The Balaban J connectivity index is 1.43. The van der Waals surface area contributed by atoms with Crippen molar-refractivity contribution in [1.29, 1.82) is 0 Å². The number of aliphatic hydroxyl groups is 1. The summed E-state index contributed by atoms with van der Waals surface area (Å²) in [6, 6.07) is 8.59. The molecule has 47 heavy (non-hydrogen) atoms. The predicted molar refractivity (Wildman–Crippen MR) is 155 cm³/mol. The molecule has 0 spiro atoms. The van der Waals surface area contributed by atoms with Crippen LogP contribution in [0.1, 0.15) is 34.5 Å². The molecule has 3 heterocycles. The number of fused-ring (bicyclic) bond motifs is 2. The van der Waals surface area contributed by atoms with Gasteiger partial charge in [-0.15, -0.1) is 0 Å². The second kappa shape index (κ2) is 11.6. The molecule has 246 valence electrons.